The van der Waals surface area contributed by atoms with Gasteiger partial charge in [0.25, 0.3) is 0 Å². The number of hydrogen-bond donors (Lipinski definition) is 1. The molecule has 0 saturated heterocycles. The van der Waals surface area contributed by atoms with Crippen molar-refractivity contribution in [2.75, 3.05) is 14.2 Å². The summed E-state index contributed by atoms with van der Waals surface area (Å²) >= 11 is 0. The van der Waals surface area contributed by atoms with E-state index in [1.54, 1.807) is 24.3 Å². The lowest BCUT2D eigenvalue weighted by molar-refractivity contribution is 0.306. The molecule has 152 valence electrons. The number of fused-ring (bicyclic) bond motifs is 1. The molecule has 30 heavy (non-hydrogen) atoms. The molecule has 0 spiro atoms. The Balaban J connectivity index is 1.72. The maximum atomic E-state index is 12.6. The molecule has 6 heteroatoms. The van der Waals surface area contributed by atoms with E-state index in [1.165, 1.54) is 26.4 Å². The van der Waals surface area contributed by atoms with Crippen molar-refractivity contribution in [3.8, 4) is 34.3 Å². The quantitative estimate of drug-likeness (QED) is 0.499. The Morgan fingerprint density at radius 1 is 0.933 bits per heavy atom. The fraction of sp³-hybridized carbons (Fsp3) is 0.125. The van der Waals surface area contributed by atoms with E-state index in [1.807, 2.05) is 30.3 Å². The van der Waals surface area contributed by atoms with Crippen molar-refractivity contribution in [1.82, 2.24) is 0 Å². The lowest BCUT2D eigenvalue weighted by Gasteiger charge is -2.12. The summed E-state index contributed by atoms with van der Waals surface area (Å²) < 4.78 is 22.2. The van der Waals surface area contributed by atoms with Crippen LogP contribution >= 0.6 is 0 Å². The number of benzene rings is 3. The molecule has 0 unspecified atom stereocenters. The molecule has 4 rings (SSSR count). The second kappa shape index (κ2) is 8.21. The highest BCUT2D eigenvalue weighted by atomic mass is 16.5. The Morgan fingerprint density at radius 2 is 1.73 bits per heavy atom. The van der Waals surface area contributed by atoms with E-state index in [2.05, 4.69) is 0 Å². The molecule has 0 aliphatic carbocycles. The molecule has 0 aliphatic rings. The van der Waals surface area contributed by atoms with E-state index in [0.29, 0.717) is 40.4 Å². The van der Waals surface area contributed by atoms with Crippen molar-refractivity contribution >= 4 is 11.0 Å². The van der Waals surface area contributed by atoms with Gasteiger partial charge in [-0.2, -0.15) is 0 Å². The van der Waals surface area contributed by atoms with Crippen LogP contribution in [-0.2, 0) is 6.61 Å². The van der Waals surface area contributed by atoms with E-state index in [9.17, 15) is 9.90 Å². The summed E-state index contributed by atoms with van der Waals surface area (Å²) in [7, 11) is 2.90. The number of rotatable bonds is 6. The number of aromatic hydroxyl groups is 1. The van der Waals surface area contributed by atoms with Crippen LogP contribution in [0, 0.1) is 0 Å². The molecule has 3 aromatic carbocycles. The van der Waals surface area contributed by atoms with E-state index in [0.717, 1.165) is 5.56 Å². The summed E-state index contributed by atoms with van der Waals surface area (Å²) in [6.45, 7) is 0.403. The predicted octanol–water partition coefficient (Wildman–Crippen LogP) is 4.76. The SMILES string of the molecule is COc1cc(-c2cc(=O)c3ccc(OCc4ccccc4)cc3o2)cc(O)c1OC. The molecule has 0 atom stereocenters. The largest absolute Gasteiger partial charge is 0.504 e. The van der Waals surface area contributed by atoms with Gasteiger partial charge in [-0.1, -0.05) is 30.3 Å². The minimum absolute atomic E-state index is 0.116. The Hall–Kier alpha value is -3.93. The van der Waals surface area contributed by atoms with Crippen molar-refractivity contribution in [3.63, 3.8) is 0 Å². The molecule has 1 heterocycles. The highest BCUT2D eigenvalue weighted by Gasteiger charge is 2.15. The van der Waals surface area contributed by atoms with Crippen molar-refractivity contribution in [3.05, 3.63) is 82.5 Å². The van der Waals surface area contributed by atoms with Crippen LogP contribution in [0.3, 0.4) is 0 Å². The first-order valence-corrected chi connectivity index (χ1v) is 9.29. The third-order valence-electron chi connectivity index (χ3n) is 4.69. The van der Waals surface area contributed by atoms with Crippen LogP contribution in [0.2, 0.25) is 0 Å². The minimum Gasteiger partial charge on any atom is -0.504 e. The van der Waals surface area contributed by atoms with Gasteiger partial charge in [-0.25, -0.2) is 0 Å². The van der Waals surface area contributed by atoms with Crippen LogP contribution in [-0.4, -0.2) is 19.3 Å². The van der Waals surface area contributed by atoms with Gasteiger partial charge in [-0.05, 0) is 29.8 Å². The molecule has 0 fully saturated rings. The number of phenolic OH excluding ortho intramolecular Hbond substituents is 1. The van der Waals surface area contributed by atoms with Gasteiger partial charge >= 0.3 is 0 Å². The Bertz CT molecular complexity index is 1240. The van der Waals surface area contributed by atoms with Gasteiger partial charge in [-0.3, -0.25) is 4.79 Å². The van der Waals surface area contributed by atoms with Crippen LogP contribution in [0.4, 0.5) is 0 Å². The van der Waals surface area contributed by atoms with Gasteiger partial charge < -0.3 is 23.7 Å². The van der Waals surface area contributed by atoms with Gasteiger partial charge in [0.05, 0.1) is 19.6 Å². The highest BCUT2D eigenvalue weighted by Crippen LogP contribution is 2.40. The number of phenols is 1. The zero-order valence-corrected chi connectivity index (χ0v) is 16.5. The third-order valence-corrected chi connectivity index (χ3v) is 4.69. The predicted molar refractivity (Wildman–Crippen MR) is 113 cm³/mol. The van der Waals surface area contributed by atoms with Gasteiger partial charge in [0, 0.05) is 17.7 Å². The Morgan fingerprint density at radius 3 is 2.47 bits per heavy atom. The maximum Gasteiger partial charge on any atom is 0.203 e. The summed E-state index contributed by atoms with van der Waals surface area (Å²) in [4.78, 5) is 12.6. The van der Waals surface area contributed by atoms with E-state index < -0.39 is 0 Å². The normalized spacial score (nSPS) is 10.7. The fourth-order valence-electron chi connectivity index (χ4n) is 3.19. The lowest BCUT2D eigenvalue weighted by atomic mass is 10.1. The van der Waals surface area contributed by atoms with Gasteiger partial charge in [-0.15, -0.1) is 0 Å². The summed E-state index contributed by atoms with van der Waals surface area (Å²) in [5, 5.41) is 10.7. The second-order valence-corrected chi connectivity index (χ2v) is 6.64. The summed E-state index contributed by atoms with van der Waals surface area (Å²) in [5.41, 5.74) is 1.71. The summed E-state index contributed by atoms with van der Waals surface area (Å²) in [6, 6.07) is 19.4. The first-order chi connectivity index (χ1) is 14.6. The van der Waals surface area contributed by atoms with Crippen LogP contribution in [0.1, 0.15) is 5.56 Å². The molecule has 0 aliphatic heterocycles. The second-order valence-electron chi connectivity index (χ2n) is 6.64. The third kappa shape index (κ3) is 3.80. The van der Waals surface area contributed by atoms with Gasteiger partial charge in [0.15, 0.2) is 16.9 Å². The molecular weight excluding hydrogens is 384 g/mol. The first-order valence-electron chi connectivity index (χ1n) is 9.29. The van der Waals surface area contributed by atoms with E-state index in [4.69, 9.17) is 18.6 Å². The fourth-order valence-corrected chi connectivity index (χ4v) is 3.19. The van der Waals surface area contributed by atoms with Crippen molar-refractivity contribution in [2.45, 2.75) is 6.61 Å². The minimum atomic E-state index is -0.199. The number of ether oxygens (including phenoxy) is 3. The zero-order valence-electron chi connectivity index (χ0n) is 16.5. The average molecular weight is 404 g/mol. The first kappa shape index (κ1) is 19.4. The van der Waals surface area contributed by atoms with Crippen molar-refractivity contribution in [1.29, 1.82) is 0 Å². The average Bonchev–Trinajstić information content (AvgIpc) is 2.77. The molecule has 0 saturated carbocycles. The monoisotopic (exact) mass is 404 g/mol. The summed E-state index contributed by atoms with van der Waals surface area (Å²) in [5.74, 6) is 1.30. The standard InChI is InChI=1S/C24H20O6/c1-27-23-11-16(10-20(26)24(23)28-2)21-13-19(25)18-9-8-17(12-22(18)30-21)29-14-15-6-4-3-5-7-15/h3-13,26H,14H2,1-2H3. The topological polar surface area (TPSA) is 78.1 Å². The lowest BCUT2D eigenvalue weighted by Crippen LogP contribution is -2.01. The molecular formula is C24H20O6. The molecule has 0 bridgehead atoms. The summed E-state index contributed by atoms with van der Waals surface area (Å²) in [6.07, 6.45) is 0. The zero-order chi connectivity index (χ0) is 21.1. The molecule has 1 N–H and O–H groups in total. The molecule has 0 radical (unpaired) electrons. The van der Waals surface area contributed by atoms with Gasteiger partial charge in [0.2, 0.25) is 5.75 Å². The molecule has 1 aromatic heterocycles. The van der Waals surface area contributed by atoms with Crippen molar-refractivity contribution in [2.24, 2.45) is 0 Å². The van der Waals surface area contributed by atoms with Crippen LogP contribution in [0.5, 0.6) is 23.0 Å². The number of methoxy groups -OCH3 is 2. The van der Waals surface area contributed by atoms with E-state index >= 15 is 0 Å². The molecule has 0 amide bonds. The Labute approximate surface area is 172 Å². The van der Waals surface area contributed by atoms with Crippen LogP contribution in [0.15, 0.2) is 75.9 Å². The van der Waals surface area contributed by atoms with Crippen LogP contribution in [0.25, 0.3) is 22.3 Å². The molecule has 6 nitrogen and oxygen atoms in total. The smallest absolute Gasteiger partial charge is 0.203 e. The number of hydrogen-bond acceptors (Lipinski definition) is 6. The maximum absolute atomic E-state index is 12.6. The highest BCUT2D eigenvalue weighted by molar-refractivity contribution is 5.80. The van der Waals surface area contributed by atoms with Crippen molar-refractivity contribution < 1.29 is 23.7 Å². The van der Waals surface area contributed by atoms with Crippen LogP contribution < -0.4 is 19.6 Å². The van der Waals surface area contributed by atoms with Gasteiger partial charge in [0.1, 0.15) is 23.7 Å². The molecule has 4 aromatic rings. The Kier molecular flexibility index (Phi) is 5.30. The van der Waals surface area contributed by atoms with E-state index in [-0.39, 0.29) is 16.9 Å².